The van der Waals surface area contributed by atoms with Gasteiger partial charge in [0.15, 0.2) is 8.32 Å². The van der Waals surface area contributed by atoms with Crippen molar-refractivity contribution in [1.29, 1.82) is 0 Å². The molecule has 3 aromatic rings. The van der Waals surface area contributed by atoms with Crippen molar-refractivity contribution in [2.24, 2.45) is 0 Å². The van der Waals surface area contributed by atoms with E-state index in [0.29, 0.717) is 19.3 Å². The van der Waals surface area contributed by atoms with Crippen LogP contribution >= 0.6 is 0 Å². The first-order valence-corrected chi connectivity index (χ1v) is 18.6. The molecular formula is C36H51N3O5Si. The summed E-state index contributed by atoms with van der Waals surface area (Å²) >= 11 is 0. The Morgan fingerprint density at radius 3 is 1.89 bits per heavy atom. The molecule has 0 unspecified atom stereocenters. The second-order valence-electron chi connectivity index (χ2n) is 14.1. The summed E-state index contributed by atoms with van der Waals surface area (Å²) < 4.78 is 18.4. The van der Waals surface area contributed by atoms with E-state index in [1.54, 1.807) is 12.4 Å². The number of carbonyl (C=O) groups is 2. The lowest BCUT2D eigenvalue weighted by molar-refractivity contribution is 0.0412. The van der Waals surface area contributed by atoms with Crippen LogP contribution in [0.25, 0.3) is 0 Å². The molecule has 45 heavy (non-hydrogen) atoms. The molecule has 3 rings (SSSR count). The smallest absolute Gasteiger partial charge is 0.407 e. The average molecular weight is 634 g/mol. The van der Waals surface area contributed by atoms with Crippen LogP contribution in [0.4, 0.5) is 9.59 Å². The number of carbonyl (C=O) groups excluding carboxylic acids is 2. The van der Waals surface area contributed by atoms with Crippen molar-refractivity contribution in [3.8, 4) is 0 Å². The van der Waals surface area contributed by atoms with Gasteiger partial charge < -0.3 is 24.5 Å². The molecule has 2 aromatic carbocycles. The number of rotatable bonds is 13. The zero-order chi connectivity index (χ0) is 33.1. The van der Waals surface area contributed by atoms with Crippen LogP contribution < -0.4 is 10.6 Å². The van der Waals surface area contributed by atoms with Crippen LogP contribution in [0.2, 0.25) is 18.1 Å². The molecule has 0 saturated heterocycles. The van der Waals surface area contributed by atoms with Gasteiger partial charge in [0.05, 0.1) is 12.1 Å². The topological polar surface area (TPSA) is 98.8 Å². The standard InChI is InChI=1S/C36H51N3O5Si/c1-35(2,3)43-34(41)39-31(23-28-18-13-10-14-19-28)32(44-45(7,8)36(4,5)6)24-30(22-27-16-11-9-12-17-27)38-33(40)42-26-29-20-15-21-37-25-29/h9-21,25,30-32H,22-24,26H2,1-8H3,(H,38,40)(H,39,41)/t30-,31-,32-/m0/s1. The Morgan fingerprint density at radius 1 is 0.778 bits per heavy atom. The van der Waals surface area contributed by atoms with Crippen molar-refractivity contribution in [2.45, 2.75) is 109 Å². The van der Waals surface area contributed by atoms with Gasteiger partial charge in [-0.15, -0.1) is 0 Å². The molecule has 0 aliphatic rings. The molecule has 0 bridgehead atoms. The summed E-state index contributed by atoms with van der Waals surface area (Å²) in [7, 11) is -2.35. The van der Waals surface area contributed by atoms with E-state index in [2.05, 4.69) is 49.5 Å². The molecule has 1 heterocycles. The second-order valence-corrected chi connectivity index (χ2v) is 18.8. The number of hydrogen-bond donors (Lipinski definition) is 2. The van der Waals surface area contributed by atoms with Crippen LogP contribution in [0.1, 0.15) is 64.7 Å². The zero-order valence-electron chi connectivity index (χ0n) is 28.1. The minimum atomic E-state index is -2.35. The molecule has 0 radical (unpaired) electrons. The molecule has 2 amide bonds. The van der Waals surface area contributed by atoms with Gasteiger partial charge >= 0.3 is 12.2 Å². The first-order valence-electron chi connectivity index (χ1n) is 15.7. The molecule has 244 valence electrons. The maximum atomic E-state index is 13.2. The summed E-state index contributed by atoms with van der Waals surface area (Å²) in [5, 5.41) is 6.18. The van der Waals surface area contributed by atoms with Gasteiger partial charge in [-0.25, -0.2) is 9.59 Å². The van der Waals surface area contributed by atoms with Crippen LogP contribution in [0.3, 0.4) is 0 Å². The average Bonchev–Trinajstić information content (AvgIpc) is 2.95. The second kappa shape index (κ2) is 16.0. The molecule has 2 N–H and O–H groups in total. The number of aromatic nitrogens is 1. The number of alkyl carbamates (subject to hydrolysis) is 2. The summed E-state index contributed by atoms with van der Waals surface area (Å²) in [6.07, 6.45) is 3.42. The van der Waals surface area contributed by atoms with E-state index in [-0.39, 0.29) is 17.7 Å². The number of nitrogens with zero attached hydrogens (tertiary/aromatic N) is 1. The third kappa shape index (κ3) is 12.7. The van der Waals surface area contributed by atoms with E-state index in [4.69, 9.17) is 13.9 Å². The van der Waals surface area contributed by atoms with Gasteiger partial charge in [0.25, 0.3) is 0 Å². The fraction of sp³-hybridized carbons (Fsp3) is 0.472. The molecule has 9 heteroatoms. The van der Waals surface area contributed by atoms with Crippen LogP contribution in [0, 0.1) is 0 Å². The number of amides is 2. The predicted molar refractivity (Wildman–Crippen MR) is 181 cm³/mol. The van der Waals surface area contributed by atoms with Crippen molar-refractivity contribution in [3.63, 3.8) is 0 Å². The van der Waals surface area contributed by atoms with Crippen LogP contribution in [-0.2, 0) is 33.3 Å². The van der Waals surface area contributed by atoms with Crippen molar-refractivity contribution in [1.82, 2.24) is 15.6 Å². The maximum absolute atomic E-state index is 13.2. The number of nitrogens with one attached hydrogen (secondary N) is 2. The number of ether oxygens (including phenoxy) is 2. The first-order chi connectivity index (χ1) is 21.1. The molecule has 3 atom stereocenters. The highest BCUT2D eigenvalue weighted by atomic mass is 28.4. The Labute approximate surface area is 270 Å². The Balaban J connectivity index is 1.96. The minimum Gasteiger partial charge on any atom is -0.445 e. The van der Waals surface area contributed by atoms with Crippen LogP contribution in [0.5, 0.6) is 0 Å². The Hall–Kier alpha value is -3.69. The van der Waals surface area contributed by atoms with Gasteiger partial charge in [0.1, 0.15) is 12.2 Å². The Bertz CT molecular complexity index is 1330. The van der Waals surface area contributed by atoms with E-state index in [1.165, 1.54) is 0 Å². The third-order valence-corrected chi connectivity index (χ3v) is 12.5. The lowest BCUT2D eigenvalue weighted by Gasteiger charge is -2.42. The molecule has 0 aliphatic heterocycles. The van der Waals surface area contributed by atoms with E-state index >= 15 is 0 Å². The molecule has 0 fully saturated rings. The Morgan fingerprint density at radius 2 is 1.36 bits per heavy atom. The van der Waals surface area contributed by atoms with Crippen molar-refractivity contribution in [2.75, 3.05) is 0 Å². The predicted octanol–water partition coefficient (Wildman–Crippen LogP) is 7.84. The normalized spacial score (nSPS) is 14.1. The van der Waals surface area contributed by atoms with Gasteiger partial charge in [0, 0.05) is 24.0 Å². The van der Waals surface area contributed by atoms with Crippen molar-refractivity contribution >= 4 is 20.5 Å². The van der Waals surface area contributed by atoms with E-state index < -0.39 is 38.3 Å². The summed E-state index contributed by atoms with van der Waals surface area (Å²) in [4.78, 5) is 30.5. The fourth-order valence-corrected chi connectivity index (χ4v) is 6.04. The molecule has 0 saturated carbocycles. The fourth-order valence-electron chi connectivity index (χ4n) is 4.67. The van der Waals surface area contributed by atoms with Gasteiger partial charge in [-0.3, -0.25) is 4.98 Å². The lowest BCUT2D eigenvalue weighted by Crippen LogP contribution is -2.55. The zero-order valence-corrected chi connectivity index (χ0v) is 29.1. The largest absolute Gasteiger partial charge is 0.445 e. The SMILES string of the molecule is CC(C)(C)OC(=O)N[C@@H](Cc1ccccc1)[C@H](C[C@H](Cc1ccccc1)NC(=O)OCc1cccnc1)O[Si](C)(C)C(C)(C)C. The van der Waals surface area contributed by atoms with E-state index in [9.17, 15) is 9.59 Å². The summed E-state index contributed by atoms with van der Waals surface area (Å²) in [6, 6.07) is 23.0. The number of benzene rings is 2. The van der Waals surface area contributed by atoms with E-state index in [0.717, 1.165) is 16.7 Å². The molecule has 0 aliphatic carbocycles. The Kier molecular flexibility index (Phi) is 12.8. The highest BCUT2D eigenvalue weighted by Gasteiger charge is 2.42. The number of pyridine rings is 1. The van der Waals surface area contributed by atoms with Crippen LogP contribution in [-0.4, -0.2) is 49.3 Å². The summed E-state index contributed by atoms with van der Waals surface area (Å²) in [6.45, 7) is 16.6. The number of hydrogen-bond acceptors (Lipinski definition) is 6. The van der Waals surface area contributed by atoms with Crippen molar-refractivity contribution < 1.29 is 23.5 Å². The third-order valence-electron chi connectivity index (χ3n) is 7.96. The van der Waals surface area contributed by atoms with Gasteiger partial charge in [-0.2, -0.15) is 0 Å². The highest BCUT2D eigenvalue weighted by molar-refractivity contribution is 6.74. The van der Waals surface area contributed by atoms with E-state index in [1.807, 2.05) is 93.6 Å². The van der Waals surface area contributed by atoms with Gasteiger partial charge in [0.2, 0.25) is 0 Å². The molecule has 8 nitrogen and oxygen atoms in total. The van der Waals surface area contributed by atoms with Crippen LogP contribution in [0.15, 0.2) is 85.2 Å². The van der Waals surface area contributed by atoms with Gasteiger partial charge in [-0.05, 0) is 75.4 Å². The summed E-state index contributed by atoms with van der Waals surface area (Å²) in [5.74, 6) is 0. The lowest BCUT2D eigenvalue weighted by atomic mass is 9.94. The highest BCUT2D eigenvalue weighted by Crippen LogP contribution is 2.38. The minimum absolute atomic E-state index is 0.0839. The molecule has 1 aromatic heterocycles. The summed E-state index contributed by atoms with van der Waals surface area (Å²) in [5.41, 5.74) is 2.27. The monoisotopic (exact) mass is 633 g/mol. The van der Waals surface area contributed by atoms with Gasteiger partial charge in [-0.1, -0.05) is 87.5 Å². The molecule has 0 spiro atoms. The maximum Gasteiger partial charge on any atom is 0.407 e. The molecular weight excluding hydrogens is 582 g/mol. The quantitative estimate of drug-likeness (QED) is 0.186. The first kappa shape index (κ1) is 35.8. The van der Waals surface area contributed by atoms with Crippen molar-refractivity contribution in [3.05, 3.63) is 102 Å².